The van der Waals surface area contributed by atoms with Crippen LogP contribution in [0.2, 0.25) is 0 Å². The third-order valence-electron chi connectivity index (χ3n) is 3.50. The molecule has 0 aliphatic carbocycles. The predicted octanol–water partition coefficient (Wildman–Crippen LogP) is 3.98. The van der Waals surface area contributed by atoms with Gasteiger partial charge in [-0.05, 0) is 37.3 Å². The fourth-order valence-corrected chi connectivity index (χ4v) is 2.53. The molecule has 1 heterocycles. The maximum absolute atomic E-state index is 6.06. The molecule has 0 spiro atoms. The van der Waals surface area contributed by atoms with Crippen molar-refractivity contribution >= 4 is 27.8 Å². The maximum Gasteiger partial charge on any atom is 0.0507 e. The molecule has 0 saturated heterocycles. The largest absolute Gasteiger partial charge is 0.398 e. The topological polar surface area (TPSA) is 42.1 Å². The van der Waals surface area contributed by atoms with Gasteiger partial charge < -0.3 is 10.6 Å². The summed E-state index contributed by atoms with van der Waals surface area (Å²) in [6, 6.07) is 16.3. The highest BCUT2D eigenvalue weighted by Crippen LogP contribution is 2.34. The van der Waals surface area contributed by atoms with E-state index in [9.17, 15) is 0 Å². The third-order valence-corrected chi connectivity index (χ3v) is 3.50. The molecule has 2 aromatic carbocycles. The van der Waals surface area contributed by atoms with Crippen molar-refractivity contribution in [1.82, 2.24) is 4.98 Å². The van der Waals surface area contributed by atoms with Gasteiger partial charge in [0.05, 0.1) is 5.69 Å². The number of aromatic nitrogens is 1. The number of benzene rings is 2. The van der Waals surface area contributed by atoms with E-state index in [1.165, 1.54) is 5.69 Å². The molecule has 0 amide bonds. The maximum atomic E-state index is 6.06. The molecule has 1 aromatic heterocycles. The lowest BCUT2D eigenvalue weighted by molar-refractivity contribution is 1.03. The Morgan fingerprint density at radius 3 is 2.55 bits per heavy atom. The first-order chi connectivity index (χ1) is 9.81. The van der Waals surface area contributed by atoms with Crippen molar-refractivity contribution < 1.29 is 0 Å². The molecule has 20 heavy (non-hydrogen) atoms. The molecular weight excluding hydrogens is 246 g/mol. The molecule has 0 aliphatic rings. The van der Waals surface area contributed by atoms with E-state index in [1.807, 2.05) is 24.4 Å². The quantitative estimate of drug-likeness (QED) is 0.727. The standard InChI is InChI=1S/C17H17N3/c1-2-20(13-6-4-3-5-7-13)17-9-8-16(18)14-10-11-19-12-15(14)17/h3-12H,2,18H2,1H3. The second kappa shape index (κ2) is 5.21. The van der Waals surface area contributed by atoms with Crippen molar-refractivity contribution in [3.63, 3.8) is 0 Å². The Labute approximate surface area is 118 Å². The van der Waals surface area contributed by atoms with E-state index in [1.54, 1.807) is 6.20 Å². The van der Waals surface area contributed by atoms with Crippen molar-refractivity contribution in [3.05, 3.63) is 60.9 Å². The van der Waals surface area contributed by atoms with Gasteiger partial charge >= 0.3 is 0 Å². The van der Waals surface area contributed by atoms with Crippen LogP contribution in [0.25, 0.3) is 10.8 Å². The van der Waals surface area contributed by atoms with Crippen molar-refractivity contribution in [2.45, 2.75) is 6.92 Å². The molecule has 3 heteroatoms. The number of hydrogen-bond donors (Lipinski definition) is 1. The summed E-state index contributed by atoms with van der Waals surface area (Å²) in [5.74, 6) is 0. The Morgan fingerprint density at radius 2 is 1.80 bits per heavy atom. The summed E-state index contributed by atoms with van der Waals surface area (Å²) in [6.07, 6.45) is 3.66. The molecule has 0 fully saturated rings. The van der Waals surface area contributed by atoms with Gasteiger partial charge in [-0.15, -0.1) is 0 Å². The van der Waals surface area contributed by atoms with Gasteiger partial charge in [-0.25, -0.2) is 0 Å². The van der Waals surface area contributed by atoms with Crippen LogP contribution in [-0.4, -0.2) is 11.5 Å². The Balaban J connectivity index is 2.21. The van der Waals surface area contributed by atoms with Crippen LogP contribution in [0.4, 0.5) is 17.1 Å². The van der Waals surface area contributed by atoms with Crippen LogP contribution in [0.5, 0.6) is 0 Å². The SMILES string of the molecule is CCN(c1ccccc1)c1ccc(N)c2ccncc12. The number of nitrogen functional groups attached to an aromatic ring is 1. The summed E-state index contributed by atoms with van der Waals surface area (Å²) >= 11 is 0. The molecule has 0 radical (unpaired) electrons. The number of nitrogens with two attached hydrogens (primary N) is 1. The lowest BCUT2D eigenvalue weighted by Gasteiger charge is -2.25. The van der Waals surface area contributed by atoms with Crippen LogP contribution in [-0.2, 0) is 0 Å². The van der Waals surface area contributed by atoms with E-state index in [0.29, 0.717) is 0 Å². The first-order valence-corrected chi connectivity index (χ1v) is 6.76. The first-order valence-electron chi connectivity index (χ1n) is 6.76. The van der Waals surface area contributed by atoms with Crippen LogP contribution in [0.15, 0.2) is 60.9 Å². The summed E-state index contributed by atoms with van der Waals surface area (Å²) in [5.41, 5.74) is 9.15. The van der Waals surface area contributed by atoms with Crippen molar-refractivity contribution in [3.8, 4) is 0 Å². The first kappa shape index (κ1) is 12.5. The number of nitrogens with zero attached hydrogens (tertiary/aromatic N) is 2. The number of rotatable bonds is 3. The molecule has 0 bridgehead atoms. The van der Waals surface area contributed by atoms with Crippen molar-refractivity contribution in [1.29, 1.82) is 0 Å². The van der Waals surface area contributed by atoms with E-state index in [2.05, 4.69) is 47.1 Å². The minimum absolute atomic E-state index is 0.787. The fraction of sp³-hybridized carbons (Fsp3) is 0.118. The molecule has 3 nitrogen and oxygen atoms in total. The zero-order valence-corrected chi connectivity index (χ0v) is 11.5. The van der Waals surface area contributed by atoms with Gasteiger partial charge in [0.15, 0.2) is 0 Å². The van der Waals surface area contributed by atoms with E-state index in [-0.39, 0.29) is 0 Å². The molecule has 0 unspecified atom stereocenters. The number of anilines is 3. The van der Waals surface area contributed by atoms with Crippen LogP contribution in [0.3, 0.4) is 0 Å². The molecule has 3 rings (SSSR count). The number of hydrogen-bond acceptors (Lipinski definition) is 3. The second-order valence-corrected chi connectivity index (χ2v) is 4.67. The van der Waals surface area contributed by atoms with Gasteiger partial charge in [0.25, 0.3) is 0 Å². The molecule has 0 atom stereocenters. The summed E-state index contributed by atoms with van der Waals surface area (Å²) in [7, 11) is 0. The normalized spacial score (nSPS) is 10.7. The van der Waals surface area contributed by atoms with Gasteiger partial charge in [-0.1, -0.05) is 18.2 Å². The van der Waals surface area contributed by atoms with E-state index < -0.39 is 0 Å². The van der Waals surface area contributed by atoms with Crippen LogP contribution >= 0.6 is 0 Å². The zero-order valence-electron chi connectivity index (χ0n) is 11.5. The second-order valence-electron chi connectivity index (χ2n) is 4.67. The average molecular weight is 263 g/mol. The Morgan fingerprint density at radius 1 is 1.00 bits per heavy atom. The summed E-state index contributed by atoms with van der Waals surface area (Å²) < 4.78 is 0. The monoisotopic (exact) mass is 263 g/mol. The minimum Gasteiger partial charge on any atom is -0.398 e. The summed E-state index contributed by atoms with van der Waals surface area (Å²) in [5, 5.41) is 2.13. The van der Waals surface area contributed by atoms with Crippen LogP contribution in [0, 0.1) is 0 Å². The van der Waals surface area contributed by atoms with Gasteiger partial charge in [-0.3, -0.25) is 4.98 Å². The van der Waals surface area contributed by atoms with Crippen LogP contribution in [0.1, 0.15) is 6.92 Å². The third kappa shape index (κ3) is 2.07. The highest BCUT2D eigenvalue weighted by molar-refractivity contribution is 6.02. The average Bonchev–Trinajstić information content (AvgIpc) is 2.52. The van der Waals surface area contributed by atoms with E-state index in [0.717, 1.165) is 28.7 Å². The molecule has 3 aromatic rings. The molecule has 0 aliphatic heterocycles. The number of pyridine rings is 1. The lowest BCUT2D eigenvalue weighted by Crippen LogP contribution is -2.16. The van der Waals surface area contributed by atoms with E-state index in [4.69, 9.17) is 5.73 Å². The zero-order chi connectivity index (χ0) is 13.9. The Hall–Kier alpha value is -2.55. The highest BCUT2D eigenvalue weighted by Gasteiger charge is 2.11. The summed E-state index contributed by atoms with van der Waals surface area (Å²) in [4.78, 5) is 6.51. The van der Waals surface area contributed by atoms with E-state index >= 15 is 0 Å². The lowest BCUT2D eigenvalue weighted by atomic mass is 10.1. The van der Waals surface area contributed by atoms with Crippen molar-refractivity contribution in [2.24, 2.45) is 0 Å². The Kier molecular flexibility index (Phi) is 3.25. The minimum atomic E-state index is 0.787. The van der Waals surface area contributed by atoms with Gasteiger partial charge in [0.2, 0.25) is 0 Å². The summed E-state index contributed by atoms with van der Waals surface area (Å²) in [6.45, 7) is 3.03. The number of para-hydroxylation sites is 1. The molecule has 100 valence electrons. The van der Waals surface area contributed by atoms with Crippen molar-refractivity contribution in [2.75, 3.05) is 17.2 Å². The smallest absolute Gasteiger partial charge is 0.0507 e. The highest BCUT2D eigenvalue weighted by atomic mass is 15.1. The predicted molar refractivity (Wildman–Crippen MR) is 85.3 cm³/mol. The Bertz CT molecular complexity index is 723. The molecule has 2 N–H and O–H groups in total. The molecule has 0 saturated carbocycles. The van der Waals surface area contributed by atoms with Gasteiger partial charge in [-0.2, -0.15) is 0 Å². The number of fused-ring (bicyclic) bond motifs is 1. The van der Waals surface area contributed by atoms with Crippen LogP contribution < -0.4 is 10.6 Å². The molecular formula is C17H17N3. The van der Waals surface area contributed by atoms with Gasteiger partial charge in [0, 0.05) is 41.1 Å². The fourth-order valence-electron chi connectivity index (χ4n) is 2.53. The van der Waals surface area contributed by atoms with Gasteiger partial charge in [0.1, 0.15) is 0 Å².